The van der Waals surface area contributed by atoms with Crippen LogP contribution in [0.4, 0.5) is 10.5 Å². The number of benzene rings is 1. The summed E-state index contributed by atoms with van der Waals surface area (Å²) < 4.78 is 4.69. The number of ether oxygens (including phenoxy) is 1. The van der Waals surface area contributed by atoms with Gasteiger partial charge in [-0.2, -0.15) is 0 Å². The van der Waals surface area contributed by atoms with Crippen molar-refractivity contribution in [3.05, 3.63) is 29.8 Å². The van der Waals surface area contributed by atoms with Gasteiger partial charge in [0, 0.05) is 23.7 Å². The zero-order valence-corrected chi connectivity index (χ0v) is 17.2. The molecular formula is C20H27ClN4O4. The van der Waals surface area contributed by atoms with Gasteiger partial charge in [-0.3, -0.25) is 24.8 Å². The van der Waals surface area contributed by atoms with Crippen molar-refractivity contribution in [2.24, 2.45) is 11.7 Å². The average molecular weight is 423 g/mol. The highest BCUT2D eigenvalue weighted by atomic mass is 35.5. The number of hydrogen-bond donors (Lipinski definition) is 2. The summed E-state index contributed by atoms with van der Waals surface area (Å²) in [6, 6.07) is 6.37. The smallest absolute Gasteiger partial charge is 0.331 e. The topological polar surface area (TPSA) is 117 Å². The Labute approximate surface area is 176 Å². The minimum absolute atomic E-state index is 0. The van der Waals surface area contributed by atoms with E-state index in [9.17, 15) is 14.4 Å². The van der Waals surface area contributed by atoms with Crippen molar-refractivity contribution in [1.29, 1.82) is 5.41 Å². The van der Waals surface area contributed by atoms with Crippen LogP contribution in [0, 0.1) is 11.3 Å². The lowest BCUT2D eigenvalue weighted by atomic mass is 9.83. The van der Waals surface area contributed by atoms with Crippen LogP contribution in [-0.4, -0.2) is 48.3 Å². The summed E-state index contributed by atoms with van der Waals surface area (Å²) in [6.07, 6.45) is 4.52. The van der Waals surface area contributed by atoms with Crippen LogP contribution in [0.1, 0.15) is 44.1 Å². The van der Waals surface area contributed by atoms with Crippen LogP contribution < -0.4 is 10.6 Å². The third-order valence-corrected chi connectivity index (χ3v) is 5.65. The number of halogens is 1. The highest BCUT2D eigenvalue weighted by Gasteiger charge is 2.42. The monoisotopic (exact) mass is 422 g/mol. The molecule has 1 aromatic carbocycles. The Morgan fingerprint density at radius 2 is 1.79 bits per heavy atom. The van der Waals surface area contributed by atoms with Crippen LogP contribution in [0.5, 0.6) is 0 Å². The number of amidine groups is 1. The lowest BCUT2D eigenvalue weighted by Crippen LogP contribution is -2.43. The molecule has 3 rings (SSSR count). The predicted molar refractivity (Wildman–Crippen MR) is 111 cm³/mol. The molecule has 0 radical (unpaired) electrons. The van der Waals surface area contributed by atoms with Gasteiger partial charge in [-0.15, -0.1) is 12.4 Å². The maximum absolute atomic E-state index is 12.9. The van der Waals surface area contributed by atoms with E-state index in [1.807, 2.05) is 0 Å². The SMILES string of the molecule is COC(=O)CCC1CCC(N2C(=O)CN(c3ccc(C(=N)N)cc3)C2=O)CC1.Cl. The fourth-order valence-electron chi connectivity index (χ4n) is 4.01. The van der Waals surface area contributed by atoms with E-state index < -0.39 is 0 Å². The molecule has 0 bridgehead atoms. The maximum atomic E-state index is 12.9. The largest absolute Gasteiger partial charge is 0.469 e. The number of carbonyl (C=O) groups is 3. The Bertz CT molecular complexity index is 775. The van der Waals surface area contributed by atoms with E-state index in [0.717, 1.165) is 32.1 Å². The van der Waals surface area contributed by atoms with Gasteiger partial charge in [-0.1, -0.05) is 0 Å². The second-order valence-corrected chi connectivity index (χ2v) is 7.38. The van der Waals surface area contributed by atoms with Gasteiger partial charge >= 0.3 is 12.0 Å². The van der Waals surface area contributed by atoms with Crippen molar-refractivity contribution in [1.82, 2.24) is 4.90 Å². The first-order chi connectivity index (χ1) is 13.4. The first-order valence-corrected chi connectivity index (χ1v) is 9.55. The van der Waals surface area contributed by atoms with Crippen molar-refractivity contribution >= 4 is 41.8 Å². The molecular weight excluding hydrogens is 396 g/mol. The molecule has 1 saturated carbocycles. The first kappa shape index (κ1) is 22.7. The highest BCUT2D eigenvalue weighted by Crippen LogP contribution is 2.33. The van der Waals surface area contributed by atoms with Gasteiger partial charge in [-0.05, 0) is 62.3 Å². The number of imide groups is 1. The minimum Gasteiger partial charge on any atom is -0.469 e. The second-order valence-electron chi connectivity index (χ2n) is 7.38. The number of esters is 1. The first-order valence-electron chi connectivity index (χ1n) is 9.55. The normalized spacial score (nSPS) is 21.7. The molecule has 0 aromatic heterocycles. The number of nitrogen functional groups attached to an aromatic ring is 1. The zero-order valence-electron chi connectivity index (χ0n) is 16.4. The van der Waals surface area contributed by atoms with Gasteiger partial charge in [0.05, 0.1) is 7.11 Å². The summed E-state index contributed by atoms with van der Waals surface area (Å²) in [4.78, 5) is 39.6. The number of hydrogen-bond acceptors (Lipinski definition) is 5. The summed E-state index contributed by atoms with van der Waals surface area (Å²) in [6.45, 7) is 0.0283. The van der Waals surface area contributed by atoms with Crippen LogP contribution in [0.25, 0.3) is 0 Å². The number of nitrogens with zero attached hydrogens (tertiary/aromatic N) is 2. The Kier molecular flexibility index (Phi) is 7.61. The van der Waals surface area contributed by atoms with Crippen LogP contribution >= 0.6 is 12.4 Å². The molecule has 8 nitrogen and oxygen atoms in total. The molecule has 1 saturated heterocycles. The van der Waals surface area contributed by atoms with Crippen molar-refractivity contribution < 1.29 is 19.1 Å². The molecule has 1 heterocycles. The summed E-state index contributed by atoms with van der Waals surface area (Å²) in [5.74, 6) is 0.0106. The molecule has 3 N–H and O–H groups in total. The van der Waals surface area contributed by atoms with Gasteiger partial charge in [0.25, 0.3) is 5.91 Å². The molecule has 2 aliphatic rings. The zero-order chi connectivity index (χ0) is 20.3. The van der Waals surface area contributed by atoms with Crippen LogP contribution in [-0.2, 0) is 14.3 Å². The lowest BCUT2D eigenvalue weighted by molar-refractivity contribution is -0.141. The summed E-state index contributed by atoms with van der Waals surface area (Å²) in [5, 5.41) is 7.44. The fourth-order valence-corrected chi connectivity index (χ4v) is 4.01. The number of carbonyl (C=O) groups excluding carboxylic acids is 3. The molecule has 1 aromatic rings. The van der Waals surface area contributed by atoms with Crippen molar-refractivity contribution in [3.8, 4) is 0 Å². The van der Waals surface area contributed by atoms with Gasteiger partial charge in [0.2, 0.25) is 0 Å². The Morgan fingerprint density at radius 1 is 1.17 bits per heavy atom. The molecule has 0 atom stereocenters. The van der Waals surface area contributed by atoms with Crippen molar-refractivity contribution in [2.45, 2.75) is 44.6 Å². The third-order valence-electron chi connectivity index (χ3n) is 5.65. The standard InChI is InChI=1S/C20H26N4O4.ClH/c1-28-18(26)11-4-13-2-7-16(8-3-13)24-17(25)12-23(20(24)27)15-9-5-14(6-10-15)19(21)22;/h5-6,9-10,13,16H,2-4,7-8,11-12H2,1H3,(H3,21,22);1H. The van der Waals surface area contributed by atoms with E-state index >= 15 is 0 Å². The molecule has 0 unspecified atom stereocenters. The Hall–Kier alpha value is -2.61. The van der Waals surface area contributed by atoms with Crippen molar-refractivity contribution in [3.63, 3.8) is 0 Å². The van der Waals surface area contributed by atoms with Crippen LogP contribution in [0.15, 0.2) is 24.3 Å². The molecule has 1 aliphatic carbocycles. The van der Waals surface area contributed by atoms with Gasteiger partial charge in [-0.25, -0.2) is 4.79 Å². The minimum atomic E-state index is -0.293. The molecule has 158 valence electrons. The molecule has 2 fully saturated rings. The Morgan fingerprint density at radius 3 is 2.34 bits per heavy atom. The van der Waals surface area contributed by atoms with Crippen molar-refractivity contribution in [2.75, 3.05) is 18.6 Å². The number of urea groups is 1. The van der Waals surface area contributed by atoms with Gasteiger partial charge < -0.3 is 10.5 Å². The summed E-state index contributed by atoms with van der Waals surface area (Å²) in [7, 11) is 1.39. The van der Waals surface area contributed by atoms with E-state index in [2.05, 4.69) is 4.74 Å². The second kappa shape index (κ2) is 9.73. The van der Waals surface area contributed by atoms with Crippen LogP contribution in [0.3, 0.4) is 0 Å². The number of anilines is 1. The van der Waals surface area contributed by atoms with E-state index in [1.54, 1.807) is 24.3 Å². The molecule has 29 heavy (non-hydrogen) atoms. The average Bonchev–Trinajstić information content (AvgIpc) is 3.00. The van der Waals surface area contributed by atoms with Gasteiger partial charge in [0.1, 0.15) is 12.4 Å². The molecule has 1 aliphatic heterocycles. The number of nitrogens with one attached hydrogen (secondary N) is 1. The van der Waals surface area contributed by atoms with E-state index in [-0.39, 0.29) is 48.7 Å². The fraction of sp³-hybridized carbons (Fsp3) is 0.500. The maximum Gasteiger partial charge on any atom is 0.331 e. The predicted octanol–water partition coefficient (Wildman–Crippen LogP) is 2.67. The van der Waals surface area contributed by atoms with E-state index in [4.69, 9.17) is 11.1 Å². The van der Waals surface area contributed by atoms with E-state index in [1.165, 1.54) is 16.9 Å². The Balaban J connectivity index is 0.00000300. The summed E-state index contributed by atoms with van der Waals surface area (Å²) >= 11 is 0. The highest BCUT2D eigenvalue weighted by molar-refractivity contribution is 6.12. The lowest BCUT2D eigenvalue weighted by Gasteiger charge is -2.33. The quantitative estimate of drug-likeness (QED) is 0.316. The number of amides is 3. The van der Waals surface area contributed by atoms with E-state index in [0.29, 0.717) is 23.6 Å². The van der Waals surface area contributed by atoms with Gasteiger partial charge in [0.15, 0.2) is 0 Å². The number of nitrogens with two attached hydrogens (primary N) is 1. The molecule has 0 spiro atoms. The molecule has 9 heteroatoms. The number of rotatable bonds is 6. The number of methoxy groups -OCH3 is 1. The molecule has 3 amide bonds. The third kappa shape index (κ3) is 5.06. The van der Waals surface area contributed by atoms with Crippen LogP contribution in [0.2, 0.25) is 0 Å². The summed E-state index contributed by atoms with van der Waals surface area (Å²) in [5.41, 5.74) is 6.65.